The van der Waals surface area contributed by atoms with Crippen LogP contribution in [0, 0.1) is 11.3 Å². The zero-order chi connectivity index (χ0) is 12.5. The lowest BCUT2D eigenvalue weighted by atomic mass is 10.2. The van der Waals surface area contributed by atoms with Gasteiger partial charge < -0.3 is 16.4 Å². The Bertz CT molecular complexity index is 475. The van der Waals surface area contributed by atoms with Gasteiger partial charge in [-0.25, -0.2) is 4.68 Å². The molecule has 96 valence electrons. The number of nitrogens with zero attached hydrogens (tertiary/aromatic N) is 3. The first-order chi connectivity index (χ1) is 8.79. The third-order valence-electron chi connectivity index (χ3n) is 3.85. The van der Waals surface area contributed by atoms with Crippen LogP contribution in [0.25, 0.3) is 0 Å². The molecule has 2 aliphatic rings. The van der Waals surface area contributed by atoms with Crippen molar-refractivity contribution < 1.29 is 0 Å². The van der Waals surface area contributed by atoms with E-state index in [-0.39, 0.29) is 0 Å². The highest BCUT2D eigenvalue weighted by molar-refractivity contribution is 5.64. The maximum atomic E-state index is 9.22. The minimum atomic E-state index is 0.364. The monoisotopic (exact) mass is 246 g/mol. The SMILES string of the molecule is N#Cc1c(NC2CNC2)nn(C2CCCC2)c1N. The average molecular weight is 246 g/mol. The molecule has 3 rings (SSSR count). The Hall–Kier alpha value is -1.74. The lowest BCUT2D eigenvalue weighted by molar-refractivity contribution is 0.460. The molecule has 0 unspecified atom stereocenters. The van der Waals surface area contributed by atoms with Gasteiger partial charge in [0.25, 0.3) is 0 Å². The maximum absolute atomic E-state index is 9.22. The van der Waals surface area contributed by atoms with Crippen LogP contribution >= 0.6 is 0 Å². The molecular weight excluding hydrogens is 228 g/mol. The normalized spacial score (nSPS) is 20.6. The lowest BCUT2D eigenvalue weighted by Crippen LogP contribution is -2.51. The molecule has 6 heteroatoms. The molecule has 18 heavy (non-hydrogen) atoms. The first-order valence-corrected chi connectivity index (χ1v) is 6.55. The quantitative estimate of drug-likeness (QED) is 0.735. The lowest BCUT2D eigenvalue weighted by Gasteiger charge is -2.27. The van der Waals surface area contributed by atoms with Crippen LogP contribution in [0.15, 0.2) is 0 Å². The van der Waals surface area contributed by atoms with Gasteiger partial charge in [0.15, 0.2) is 5.82 Å². The molecule has 1 aromatic rings. The van der Waals surface area contributed by atoms with Gasteiger partial charge >= 0.3 is 0 Å². The molecule has 0 radical (unpaired) electrons. The Balaban J connectivity index is 1.88. The summed E-state index contributed by atoms with van der Waals surface area (Å²) in [7, 11) is 0. The first-order valence-electron chi connectivity index (χ1n) is 6.55. The molecule has 0 spiro atoms. The topological polar surface area (TPSA) is 91.7 Å². The molecular formula is C12H18N6. The van der Waals surface area contributed by atoms with E-state index in [9.17, 15) is 5.26 Å². The van der Waals surface area contributed by atoms with Crippen LogP contribution < -0.4 is 16.4 Å². The number of rotatable bonds is 3. The molecule has 1 aliphatic carbocycles. The van der Waals surface area contributed by atoms with Crippen molar-refractivity contribution >= 4 is 11.6 Å². The highest BCUT2D eigenvalue weighted by Crippen LogP contribution is 2.34. The van der Waals surface area contributed by atoms with E-state index in [1.165, 1.54) is 12.8 Å². The second-order valence-corrected chi connectivity index (χ2v) is 5.10. The van der Waals surface area contributed by atoms with Crippen molar-refractivity contribution in [2.45, 2.75) is 37.8 Å². The predicted octanol–water partition coefficient (Wildman–Crippen LogP) is 0.836. The molecule has 6 nitrogen and oxygen atoms in total. The molecule has 1 aromatic heterocycles. The van der Waals surface area contributed by atoms with E-state index < -0.39 is 0 Å². The molecule has 0 bridgehead atoms. The minimum absolute atomic E-state index is 0.364. The van der Waals surface area contributed by atoms with Crippen LogP contribution in [0.5, 0.6) is 0 Å². The van der Waals surface area contributed by atoms with Crippen LogP contribution in [0.4, 0.5) is 11.6 Å². The zero-order valence-corrected chi connectivity index (χ0v) is 10.3. The summed E-state index contributed by atoms with van der Waals surface area (Å²) in [5, 5.41) is 20.2. The summed E-state index contributed by atoms with van der Waals surface area (Å²) in [5.74, 6) is 1.16. The Morgan fingerprint density at radius 3 is 2.67 bits per heavy atom. The third-order valence-corrected chi connectivity index (χ3v) is 3.85. The van der Waals surface area contributed by atoms with Gasteiger partial charge in [0.05, 0.1) is 12.1 Å². The van der Waals surface area contributed by atoms with Crippen molar-refractivity contribution in [2.75, 3.05) is 24.1 Å². The van der Waals surface area contributed by atoms with E-state index in [1.807, 2.05) is 4.68 Å². The smallest absolute Gasteiger partial charge is 0.168 e. The minimum Gasteiger partial charge on any atom is -0.383 e. The summed E-state index contributed by atoms with van der Waals surface area (Å²) in [6, 6.07) is 2.90. The van der Waals surface area contributed by atoms with E-state index in [0.717, 1.165) is 25.9 Å². The molecule has 2 heterocycles. The summed E-state index contributed by atoms with van der Waals surface area (Å²) >= 11 is 0. The van der Waals surface area contributed by atoms with Gasteiger partial charge in [-0.1, -0.05) is 12.8 Å². The van der Waals surface area contributed by atoms with Gasteiger partial charge in [0, 0.05) is 13.1 Å². The van der Waals surface area contributed by atoms with Crippen LogP contribution in [-0.4, -0.2) is 28.9 Å². The summed E-state index contributed by atoms with van der Waals surface area (Å²) in [6.45, 7) is 1.84. The first kappa shape index (κ1) is 11.4. The summed E-state index contributed by atoms with van der Waals surface area (Å²) in [4.78, 5) is 0. The average Bonchev–Trinajstić information content (AvgIpc) is 2.91. The number of aromatic nitrogens is 2. The van der Waals surface area contributed by atoms with Crippen LogP contribution in [-0.2, 0) is 0 Å². The van der Waals surface area contributed by atoms with Gasteiger partial charge in [-0.3, -0.25) is 0 Å². The van der Waals surface area contributed by atoms with Crippen LogP contribution in [0.1, 0.15) is 37.3 Å². The fourth-order valence-electron chi connectivity index (χ4n) is 2.67. The van der Waals surface area contributed by atoms with Gasteiger partial charge in [0.2, 0.25) is 0 Å². The standard InChI is InChI=1S/C12H18N6/c13-5-10-11(14)18(9-3-1-2-4-9)17-12(10)16-8-6-15-7-8/h8-9,15H,1-4,6-7,14H2,(H,16,17). The number of nitrogens with one attached hydrogen (secondary N) is 2. The molecule has 1 saturated carbocycles. The Labute approximate surface area is 106 Å². The van der Waals surface area contributed by atoms with Crippen molar-refractivity contribution in [3.8, 4) is 6.07 Å². The summed E-state index contributed by atoms with van der Waals surface area (Å²) in [5.41, 5.74) is 6.55. The fraction of sp³-hybridized carbons (Fsp3) is 0.667. The van der Waals surface area contributed by atoms with Gasteiger partial charge in [0.1, 0.15) is 17.5 Å². The summed E-state index contributed by atoms with van der Waals surface area (Å²) < 4.78 is 1.85. The van der Waals surface area contributed by atoms with E-state index >= 15 is 0 Å². The van der Waals surface area contributed by atoms with E-state index in [4.69, 9.17) is 5.73 Å². The summed E-state index contributed by atoms with van der Waals surface area (Å²) in [6.07, 6.45) is 4.67. The molecule has 0 aromatic carbocycles. The van der Waals surface area contributed by atoms with E-state index in [1.54, 1.807) is 0 Å². The van der Waals surface area contributed by atoms with E-state index in [0.29, 0.717) is 29.3 Å². The third kappa shape index (κ3) is 1.81. The van der Waals surface area contributed by atoms with Crippen LogP contribution in [0.2, 0.25) is 0 Å². The van der Waals surface area contributed by atoms with Gasteiger partial charge in [-0.15, -0.1) is 0 Å². The maximum Gasteiger partial charge on any atom is 0.168 e. The predicted molar refractivity (Wildman–Crippen MR) is 69.1 cm³/mol. The number of nitrogens with two attached hydrogens (primary N) is 1. The van der Waals surface area contributed by atoms with Crippen molar-refractivity contribution in [1.82, 2.24) is 15.1 Å². The molecule has 2 fully saturated rings. The van der Waals surface area contributed by atoms with E-state index in [2.05, 4.69) is 21.8 Å². The fourth-order valence-corrected chi connectivity index (χ4v) is 2.67. The molecule has 0 amide bonds. The molecule has 0 atom stereocenters. The highest BCUT2D eigenvalue weighted by atomic mass is 15.4. The second-order valence-electron chi connectivity index (χ2n) is 5.10. The van der Waals surface area contributed by atoms with Crippen molar-refractivity contribution in [2.24, 2.45) is 0 Å². The Kier molecular flexibility index (Phi) is 2.84. The van der Waals surface area contributed by atoms with Gasteiger partial charge in [-0.05, 0) is 12.8 Å². The van der Waals surface area contributed by atoms with Gasteiger partial charge in [-0.2, -0.15) is 10.4 Å². The van der Waals surface area contributed by atoms with Crippen LogP contribution in [0.3, 0.4) is 0 Å². The molecule has 1 saturated heterocycles. The Morgan fingerprint density at radius 1 is 1.39 bits per heavy atom. The number of anilines is 2. The number of nitrogen functional groups attached to an aromatic ring is 1. The zero-order valence-electron chi connectivity index (χ0n) is 10.3. The van der Waals surface area contributed by atoms with Crippen molar-refractivity contribution in [1.29, 1.82) is 5.26 Å². The second kappa shape index (κ2) is 4.50. The Morgan fingerprint density at radius 2 is 2.11 bits per heavy atom. The van der Waals surface area contributed by atoms with Crippen molar-refractivity contribution in [3.05, 3.63) is 5.56 Å². The molecule has 4 N–H and O–H groups in total. The highest BCUT2D eigenvalue weighted by Gasteiger charge is 2.26. The molecule has 1 aliphatic heterocycles. The number of hydrogen-bond acceptors (Lipinski definition) is 5. The largest absolute Gasteiger partial charge is 0.383 e. The van der Waals surface area contributed by atoms with Crippen molar-refractivity contribution in [3.63, 3.8) is 0 Å². The number of hydrogen-bond donors (Lipinski definition) is 3. The number of nitriles is 1.